The lowest BCUT2D eigenvalue weighted by Crippen LogP contribution is -2.46. The minimum atomic E-state index is -3.61. The third-order valence-electron chi connectivity index (χ3n) is 5.29. The Morgan fingerprint density at radius 3 is 2.69 bits per heavy atom. The highest BCUT2D eigenvalue weighted by Gasteiger charge is 2.34. The van der Waals surface area contributed by atoms with Gasteiger partial charge in [0, 0.05) is 42.5 Å². The molecule has 1 saturated heterocycles. The van der Waals surface area contributed by atoms with Gasteiger partial charge in [-0.25, -0.2) is 8.42 Å². The first kappa shape index (κ1) is 19.1. The number of nitrogens with one attached hydrogen (secondary N) is 1. The van der Waals surface area contributed by atoms with Crippen LogP contribution in [0.3, 0.4) is 0 Å². The van der Waals surface area contributed by atoms with E-state index in [1.807, 2.05) is 7.05 Å². The van der Waals surface area contributed by atoms with Crippen LogP contribution in [0, 0.1) is 0 Å². The van der Waals surface area contributed by atoms with Gasteiger partial charge in [-0.05, 0) is 38.1 Å². The van der Waals surface area contributed by atoms with Crippen LogP contribution in [0.5, 0.6) is 0 Å². The first-order valence-corrected chi connectivity index (χ1v) is 9.90. The van der Waals surface area contributed by atoms with E-state index >= 15 is 0 Å². The second-order valence-corrected chi connectivity index (χ2v) is 8.57. The molecule has 2 heterocycles. The van der Waals surface area contributed by atoms with Gasteiger partial charge in [0.1, 0.15) is 0 Å². The molecule has 0 radical (unpaired) electrons. The fourth-order valence-corrected chi connectivity index (χ4v) is 5.58. The summed E-state index contributed by atoms with van der Waals surface area (Å²) in [6.07, 6.45) is 1.82. The van der Waals surface area contributed by atoms with E-state index in [0.29, 0.717) is 24.0 Å². The lowest BCUT2D eigenvalue weighted by Gasteiger charge is -2.32. The number of nitrogens with zero attached hydrogens (tertiary/aromatic N) is 2. The number of halogens is 1. The van der Waals surface area contributed by atoms with Crippen LogP contribution in [0.15, 0.2) is 35.2 Å². The summed E-state index contributed by atoms with van der Waals surface area (Å²) in [4.78, 5) is 14.2. The maximum absolute atomic E-state index is 13.3. The molecule has 2 aromatic carbocycles. The van der Waals surface area contributed by atoms with Crippen LogP contribution < -0.4 is 10.2 Å². The van der Waals surface area contributed by atoms with E-state index in [1.54, 1.807) is 46.6 Å². The van der Waals surface area contributed by atoms with Gasteiger partial charge in [-0.2, -0.15) is 4.31 Å². The Bertz CT molecular complexity index is 977. The van der Waals surface area contributed by atoms with Crippen molar-refractivity contribution >= 4 is 44.8 Å². The quantitative estimate of drug-likeness (QED) is 0.865. The molecule has 1 fully saturated rings. The van der Waals surface area contributed by atoms with Crippen molar-refractivity contribution in [2.75, 3.05) is 32.1 Å². The zero-order chi connectivity index (χ0) is 17.8. The molecule has 0 bridgehead atoms. The van der Waals surface area contributed by atoms with Gasteiger partial charge in [-0.15, -0.1) is 12.4 Å². The maximum atomic E-state index is 13.3. The third kappa shape index (κ3) is 2.70. The van der Waals surface area contributed by atoms with Gasteiger partial charge < -0.3 is 10.2 Å². The highest BCUT2D eigenvalue weighted by atomic mass is 35.5. The molecule has 0 aliphatic carbocycles. The molecule has 140 valence electrons. The minimum absolute atomic E-state index is 0. The van der Waals surface area contributed by atoms with Crippen LogP contribution in [-0.2, 0) is 10.0 Å². The molecule has 1 atom stereocenters. The minimum Gasteiger partial charge on any atom is -0.316 e. The summed E-state index contributed by atoms with van der Waals surface area (Å²) >= 11 is 0. The molecule has 26 heavy (non-hydrogen) atoms. The SMILES string of the molecule is CNC1CCCN(S(=O)(=O)c2ccc3c4c(cccc24)C(=O)N3C)C1.Cl. The molecular formula is C18H22ClN3O3S. The van der Waals surface area contributed by atoms with E-state index in [0.717, 1.165) is 23.9 Å². The number of sulfonamides is 1. The summed E-state index contributed by atoms with van der Waals surface area (Å²) in [5, 5.41) is 4.54. The van der Waals surface area contributed by atoms with E-state index in [9.17, 15) is 13.2 Å². The number of hydrogen-bond acceptors (Lipinski definition) is 4. The third-order valence-corrected chi connectivity index (χ3v) is 7.21. The molecule has 2 aliphatic rings. The fraction of sp³-hybridized carbons (Fsp3) is 0.389. The van der Waals surface area contributed by atoms with Crippen LogP contribution in [0.4, 0.5) is 5.69 Å². The molecule has 0 spiro atoms. The topological polar surface area (TPSA) is 69.7 Å². The molecule has 1 unspecified atom stereocenters. The lowest BCUT2D eigenvalue weighted by atomic mass is 10.1. The Balaban J connectivity index is 0.00000196. The van der Waals surface area contributed by atoms with Crippen LogP contribution in [0.25, 0.3) is 10.8 Å². The van der Waals surface area contributed by atoms with Crippen molar-refractivity contribution in [2.24, 2.45) is 0 Å². The van der Waals surface area contributed by atoms with Crippen LogP contribution in [0.2, 0.25) is 0 Å². The van der Waals surface area contributed by atoms with Gasteiger partial charge in [-0.1, -0.05) is 12.1 Å². The first-order chi connectivity index (χ1) is 11.9. The molecule has 0 saturated carbocycles. The fourth-order valence-electron chi connectivity index (χ4n) is 3.87. The number of hydrogen-bond donors (Lipinski definition) is 1. The Labute approximate surface area is 159 Å². The smallest absolute Gasteiger partial charge is 0.258 e. The van der Waals surface area contributed by atoms with E-state index in [-0.39, 0.29) is 29.3 Å². The number of rotatable bonds is 3. The van der Waals surface area contributed by atoms with Crippen molar-refractivity contribution in [1.82, 2.24) is 9.62 Å². The number of anilines is 1. The van der Waals surface area contributed by atoms with Crippen molar-refractivity contribution in [3.05, 3.63) is 35.9 Å². The van der Waals surface area contributed by atoms with E-state index in [2.05, 4.69) is 5.32 Å². The predicted octanol–water partition coefficient (Wildman–Crippen LogP) is 2.22. The summed E-state index contributed by atoms with van der Waals surface area (Å²) in [7, 11) is -0.0308. The van der Waals surface area contributed by atoms with Gasteiger partial charge >= 0.3 is 0 Å². The summed E-state index contributed by atoms with van der Waals surface area (Å²) in [5.41, 5.74) is 1.33. The van der Waals surface area contributed by atoms with Gasteiger partial charge in [0.25, 0.3) is 5.91 Å². The zero-order valence-corrected chi connectivity index (χ0v) is 16.4. The largest absolute Gasteiger partial charge is 0.316 e. The molecule has 2 aliphatic heterocycles. The molecule has 0 aromatic heterocycles. The Morgan fingerprint density at radius 2 is 1.96 bits per heavy atom. The number of likely N-dealkylation sites (N-methyl/N-ethyl adjacent to an activating group) is 1. The average Bonchev–Trinajstić information content (AvgIpc) is 2.89. The van der Waals surface area contributed by atoms with E-state index in [1.165, 1.54) is 0 Å². The monoisotopic (exact) mass is 395 g/mol. The van der Waals surface area contributed by atoms with Gasteiger partial charge in [-0.3, -0.25) is 4.79 Å². The number of carbonyl (C=O) groups excluding carboxylic acids is 1. The highest BCUT2D eigenvalue weighted by molar-refractivity contribution is 7.89. The highest BCUT2D eigenvalue weighted by Crippen LogP contribution is 2.40. The molecule has 6 nitrogen and oxygen atoms in total. The Morgan fingerprint density at radius 1 is 1.19 bits per heavy atom. The summed E-state index contributed by atoms with van der Waals surface area (Å²) < 4.78 is 28.1. The van der Waals surface area contributed by atoms with Gasteiger partial charge in [0.2, 0.25) is 10.0 Å². The van der Waals surface area contributed by atoms with Crippen molar-refractivity contribution < 1.29 is 13.2 Å². The Hall–Kier alpha value is -1.67. The second kappa shape index (κ2) is 6.81. The van der Waals surface area contributed by atoms with Crippen LogP contribution >= 0.6 is 12.4 Å². The maximum Gasteiger partial charge on any atom is 0.258 e. The summed E-state index contributed by atoms with van der Waals surface area (Å²) in [6.45, 7) is 1.00. The molecular weight excluding hydrogens is 374 g/mol. The first-order valence-electron chi connectivity index (χ1n) is 8.46. The standard InChI is InChI=1S/C18H21N3O3S.ClH/c1-19-12-5-4-10-21(11-12)25(23,24)16-9-8-15-17-13(16)6-3-7-14(17)18(22)20(15)2;/h3,6-9,12,19H,4-5,10-11H2,1-2H3;1H. The van der Waals surface area contributed by atoms with Crippen LogP contribution in [0.1, 0.15) is 23.2 Å². The number of amides is 1. The average molecular weight is 396 g/mol. The van der Waals surface area contributed by atoms with E-state index in [4.69, 9.17) is 0 Å². The number of benzene rings is 2. The van der Waals surface area contributed by atoms with Crippen molar-refractivity contribution in [3.8, 4) is 0 Å². The molecule has 2 aromatic rings. The van der Waals surface area contributed by atoms with Gasteiger partial charge in [0.15, 0.2) is 0 Å². The zero-order valence-electron chi connectivity index (χ0n) is 14.7. The normalized spacial score (nSPS) is 20.5. The number of carbonyl (C=O) groups is 1. The van der Waals surface area contributed by atoms with E-state index < -0.39 is 10.0 Å². The van der Waals surface area contributed by atoms with Crippen LogP contribution in [-0.4, -0.2) is 51.9 Å². The Kier molecular flexibility index (Phi) is 5.00. The van der Waals surface area contributed by atoms with Crippen molar-refractivity contribution in [1.29, 1.82) is 0 Å². The lowest BCUT2D eigenvalue weighted by molar-refractivity contribution is 0.0999. The van der Waals surface area contributed by atoms with Gasteiger partial charge in [0.05, 0.1) is 10.6 Å². The second-order valence-electron chi connectivity index (χ2n) is 6.67. The summed E-state index contributed by atoms with van der Waals surface area (Å²) in [6, 6.07) is 8.85. The summed E-state index contributed by atoms with van der Waals surface area (Å²) in [5.74, 6) is -0.0941. The molecule has 8 heteroatoms. The molecule has 4 rings (SSSR count). The molecule has 1 amide bonds. The molecule has 1 N–H and O–H groups in total. The van der Waals surface area contributed by atoms with Crippen molar-refractivity contribution in [3.63, 3.8) is 0 Å². The van der Waals surface area contributed by atoms with Crippen molar-refractivity contribution in [2.45, 2.75) is 23.8 Å². The predicted molar refractivity (Wildman–Crippen MR) is 105 cm³/mol. The number of piperidine rings is 1.